The summed E-state index contributed by atoms with van der Waals surface area (Å²) in [5.74, 6) is 2.79. The van der Waals surface area contributed by atoms with E-state index in [2.05, 4.69) is 33.2 Å². The Morgan fingerprint density at radius 1 is 1.32 bits per heavy atom. The van der Waals surface area contributed by atoms with Crippen molar-refractivity contribution in [3.05, 3.63) is 12.3 Å². The Kier molecular flexibility index (Phi) is 3.85. The number of hydrogen-bond donors (Lipinski definition) is 1. The van der Waals surface area contributed by atoms with Crippen LogP contribution in [0.2, 0.25) is 0 Å². The first kappa shape index (κ1) is 12.7. The maximum absolute atomic E-state index is 4.69. The van der Waals surface area contributed by atoms with Gasteiger partial charge in [-0.2, -0.15) is 4.98 Å². The molecule has 1 aromatic rings. The summed E-state index contributed by atoms with van der Waals surface area (Å²) in [4.78, 5) is 11.5. The van der Waals surface area contributed by atoms with Crippen LogP contribution in [0.5, 0.6) is 0 Å². The number of hydrogen-bond acceptors (Lipinski definition) is 4. The summed E-state index contributed by atoms with van der Waals surface area (Å²) < 4.78 is 0. The molecule has 1 N–H and O–H groups in total. The first-order valence-corrected chi connectivity index (χ1v) is 7.72. The van der Waals surface area contributed by atoms with Crippen molar-refractivity contribution in [3.63, 3.8) is 0 Å². The van der Waals surface area contributed by atoms with Crippen LogP contribution < -0.4 is 10.2 Å². The van der Waals surface area contributed by atoms with E-state index in [0.717, 1.165) is 36.7 Å². The van der Waals surface area contributed by atoms with Gasteiger partial charge in [-0.3, -0.25) is 0 Å². The standard InChI is InChI=1S/C15H24N4/c1-2-9-16-15-17-10-7-14(18-15)19-11-8-12-5-3-4-6-13(12)19/h7,10,12-13H,2-6,8-9,11H2,1H3,(H,16,17,18). The van der Waals surface area contributed by atoms with E-state index in [1.165, 1.54) is 38.6 Å². The predicted molar refractivity (Wildman–Crippen MR) is 78.5 cm³/mol. The third kappa shape index (κ3) is 2.67. The number of nitrogens with zero attached hydrogens (tertiary/aromatic N) is 3. The summed E-state index contributed by atoms with van der Waals surface area (Å²) in [5, 5.41) is 3.28. The Bertz CT molecular complexity index is 420. The van der Waals surface area contributed by atoms with Crippen molar-refractivity contribution in [1.82, 2.24) is 9.97 Å². The van der Waals surface area contributed by atoms with Crippen LogP contribution in [0.3, 0.4) is 0 Å². The largest absolute Gasteiger partial charge is 0.354 e. The molecule has 2 unspecified atom stereocenters. The third-order valence-corrected chi connectivity index (χ3v) is 4.48. The molecule has 1 aromatic heterocycles. The Morgan fingerprint density at radius 2 is 2.21 bits per heavy atom. The van der Waals surface area contributed by atoms with Crippen LogP contribution >= 0.6 is 0 Å². The minimum atomic E-state index is 0.725. The fourth-order valence-corrected chi connectivity index (χ4v) is 3.52. The molecule has 19 heavy (non-hydrogen) atoms. The number of nitrogens with one attached hydrogen (secondary N) is 1. The van der Waals surface area contributed by atoms with E-state index >= 15 is 0 Å². The van der Waals surface area contributed by atoms with Gasteiger partial charge in [0.05, 0.1) is 0 Å². The molecular formula is C15H24N4. The average molecular weight is 260 g/mol. The lowest BCUT2D eigenvalue weighted by Gasteiger charge is -2.32. The van der Waals surface area contributed by atoms with Gasteiger partial charge in [0, 0.05) is 25.3 Å². The van der Waals surface area contributed by atoms with Crippen LogP contribution in [-0.4, -0.2) is 29.1 Å². The first-order valence-electron chi connectivity index (χ1n) is 7.72. The lowest BCUT2D eigenvalue weighted by Crippen LogP contribution is -2.35. The molecule has 2 heterocycles. The van der Waals surface area contributed by atoms with Gasteiger partial charge in [-0.15, -0.1) is 0 Å². The Balaban J connectivity index is 1.74. The monoisotopic (exact) mass is 260 g/mol. The molecule has 0 bridgehead atoms. The second kappa shape index (κ2) is 5.76. The lowest BCUT2D eigenvalue weighted by molar-refractivity contribution is 0.341. The van der Waals surface area contributed by atoms with E-state index in [4.69, 9.17) is 0 Å². The van der Waals surface area contributed by atoms with Gasteiger partial charge in [0.1, 0.15) is 5.82 Å². The highest BCUT2D eigenvalue weighted by atomic mass is 15.3. The number of rotatable bonds is 4. The quantitative estimate of drug-likeness (QED) is 0.903. The number of aromatic nitrogens is 2. The highest BCUT2D eigenvalue weighted by molar-refractivity contribution is 5.45. The smallest absolute Gasteiger partial charge is 0.224 e. The summed E-state index contributed by atoms with van der Waals surface area (Å²) in [6.45, 7) is 4.26. The molecule has 2 fully saturated rings. The highest BCUT2D eigenvalue weighted by Gasteiger charge is 2.36. The van der Waals surface area contributed by atoms with Crippen molar-refractivity contribution in [2.75, 3.05) is 23.3 Å². The third-order valence-electron chi connectivity index (χ3n) is 4.48. The molecule has 2 atom stereocenters. The van der Waals surface area contributed by atoms with Crippen molar-refractivity contribution in [1.29, 1.82) is 0 Å². The fraction of sp³-hybridized carbons (Fsp3) is 0.733. The second-order valence-corrected chi connectivity index (χ2v) is 5.76. The molecule has 3 rings (SSSR count). The molecule has 4 heteroatoms. The van der Waals surface area contributed by atoms with Gasteiger partial charge >= 0.3 is 0 Å². The van der Waals surface area contributed by atoms with Crippen LogP contribution in [0, 0.1) is 5.92 Å². The van der Waals surface area contributed by atoms with Crippen LogP contribution in [0.25, 0.3) is 0 Å². The zero-order chi connectivity index (χ0) is 13.1. The molecule has 1 aliphatic carbocycles. The minimum absolute atomic E-state index is 0.725. The number of anilines is 2. The van der Waals surface area contributed by atoms with E-state index in [-0.39, 0.29) is 0 Å². The normalized spacial score (nSPS) is 26.3. The summed E-state index contributed by atoms with van der Waals surface area (Å²) in [7, 11) is 0. The number of fused-ring (bicyclic) bond motifs is 1. The topological polar surface area (TPSA) is 41.1 Å². The van der Waals surface area contributed by atoms with Crippen LogP contribution in [-0.2, 0) is 0 Å². The Hall–Kier alpha value is -1.32. The summed E-state index contributed by atoms with van der Waals surface area (Å²) in [6.07, 6.45) is 9.87. The van der Waals surface area contributed by atoms with E-state index < -0.39 is 0 Å². The highest BCUT2D eigenvalue weighted by Crippen LogP contribution is 2.38. The molecule has 0 spiro atoms. The molecule has 4 nitrogen and oxygen atoms in total. The van der Waals surface area contributed by atoms with E-state index in [1.807, 2.05) is 6.20 Å². The molecule has 2 aliphatic rings. The van der Waals surface area contributed by atoms with Gasteiger partial charge < -0.3 is 10.2 Å². The zero-order valence-electron chi connectivity index (χ0n) is 11.8. The molecule has 0 amide bonds. The predicted octanol–water partition coefficient (Wildman–Crippen LogP) is 3.07. The van der Waals surface area contributed by atoms with E-state index in [0.29, 0.717) is 0 Å². The second-order valence-electron chi connectivity index (χ2n) is 5.76. The average Bonchev–Trinajstić information content (AvgIpc) is 2.89. The van der Waals surface area contributed by atoms with Gasteiger partial charge in [0.15, 0.2) is 0 Å². The molecule has 1 saturated heterocycles. The van der Waals surface area contributed by atoms with Crippen LogP contribution in [0.4, 0.5) is 11.8 Å². The molecule has 0 radical (unpaired) electrons. The fourth-order valence-electron chi connectivity index (χ4n) is 3.52. The van der Waals surface area contributed by atoms with Crippen LogP contribution in [0.1, 0.15) is 45.4 Å². The van der Waals surface area contributed by atoms with Gasteiger partial charge in [-0.05, 0) is 37.7 Å². The van der Waals surface area contributed by atoms with Crippen molar-refractivity contribution in [3.8, 4) is 0 Å². The maximum atomic E-state index is 4.69. The van der Waals surface area contributed by atoms with Gasteiger partial charge in [-0.1, -0.05) is 19.8 Å². The SMILES string of the molecule is CCCNc1nccc(N2CCC3CCCCC32)n1. The van der Waals surface area contributed by atoms with Crippen molar-refractivity contribution >= 4 is 11.8 Å². The van der Waals surface area contributed by atoms with E-state index in [9.17, 15) is 0 Å². The maximum Gasteiger partial charge on any atom is 0.224 e. The van der Waals surface area contributed by atoms with Crippen molar-refractivity contribution < 1.29 is 0 Å². The molecule has 104 valence electrons. The summed E-state index contributed by atoms with van der Waals surface area (Å²) >= 11 is 0. The van der Waals surface area contributed by atoms with Crippen molar-refractivity contribution in [2.24, 2.45) is 5.92 Å². The van der Waals surface area contributed by atoms with E-state index in [1.54, 1.807) is 0 Å². The van der Waals surface area contributed by atoms with Gasteiger partial charge in [0.25, 0.3) is 0 Å². The Labute approximate surface area is 115 Å². The molecule has 1 aliphatic heterocycles. The van der Waals surface area contributed by atoms with Crippen LogP contribution in [0.15, 0.2) is 12.3 Å². The molecular weight excluding hydrogens is 236 g/mol. The molecule has 1 saturated carbocycles. The first-order chi connectivity index (χ1) is 9.38. The van der Waals surface area contributed by atoms with Gasteiger partial charge in [-0.25, -0.2) is 4.98 Å². The molecule has 0 aromatic carbocycles. The lowest BCUT2D eigenvalue weighted by atomic mass is 9.85. The minimum Gasteiger partial charge on any atom is -0.354 e. The van der Waals surface area contributed by atoms with Gasteiger partial charge in [0.2, 0.25) is 5.95 Å². The summed E-state index contributed by atoms with van der Waals surface area (Å²) in [6, 6.07) is 2.79. The Morgan fingerprint density at radius 3 is 3.11 bits per heavy atom. The zero-order valence-corrected chi connectivity index (χ0v) is 11.8. The summed E-state index contributed by atoms with van der Waals surface area (Å²) in [5.41, 5.74) is 0. The van der Waals surface area contributed by atoms with Crippen molar-refractivity contribution in [2.45, 2.75) is 51.5 Å².